The molecule has 1 atom stereocenters. The summed E-state index contributed by atoms with van der Waals surface area (Å²) in [5, 5.41) is 2.78. The van der Waals surface area contributed by atoms with Crippen molar-refractivity contribution >= 4 is 11.9 Å². The molecule has 2 aromatic carbocycles. The van der Waals surface area contributed by atoms with Crippen molar-refractivity contribution in [3.63, 3.8) is 0 Å². The quantitative estimate of drug-likeness (QED) is 0.758. The molecule has 1 amide bonds. The number of hydrogen-bond acceptors (Lipinski definition) is 5. The molecule has 2 aromatic rings. The normalized spacial score (nSPS) is 13.3. The second-order valence-electron chi connectivity index (χ2n) is 6.82. The number of carbonyl (C=O) groups excluding carboxylic acids is 2. The molecular formula is C21H23NO5. The van der Waals surface area contributed by atoms with Crippen molar-refractivity contribution in [3.8, 4) is 11.5 Å². The minimum atomic E-state index is -0.716. The molecule has 0 radical (unpaired) electrons. The highest BCUT2D eigenvalue weighted by Gasteiger charge is 2.25. The van der Waals surface area contributed by atoms with Crippen molar-refractivity contribution in [2.24, 2.45) is 5.92 Å². The summed E-state index contributed by atoms with van der Waals surface area (Å²) in [5.41, 5.74) is 1.31. The first-order valence-electron chi connectivity index (χ1n) is 8.94. The standard InChI is InChI=1S/C21H23NO5/c1-14(2)10-17(21(24)25-12-15-6-4-3-5-7-15)22-20(23)16-8-9-18-19(11-16)27-13-26-18/h3-9,11,14,17H,10,12-13H2,1-2H3,(H,22,23)/t17-/m0/s1. The Morgan fingerprint density at radius 2 is 1.81 bits per heavy atom. The molecule has 142 valence electrons. The van der Waals surface area contributed by atoms with Gasteiger partial charge in [-0.25, -0.2) is 4.79 Å². The fraction of sp³-hybridized carbons (Fsp3) is 0.333. The van der Waals surface area contributed by atoms with E-state index in [2.05, 4.69) is 5.32 Å². The lowest BCUT2D eigenvalue weighted by Crippen LogP contribution is -2.42. The predicted molar refractivity (Wildman–Crippen MR) is 99.5 cm³/mol. The molecule has 0 fully saturated rings. The zero-order chi connectivity index (χ0) is 19.2. The molecular weight excluding hydrogens is 346 g/mol. The lowest BCUT2D eigenvalue weighted by molar-refractivity contribution is -0.147. The van der Waals surface area contributed by atoms with Crippen LogP contribution in [0.2, 0.25) is 0 Å². The predicted octanol–water partition coefficient (Wildman–Crippen LogP) is 3.30. The number of hydrogen-bond donors (Lipinski definition) is 1. The Hall–Kier alpha value is -3.02. The Bertz CT molecular complexity index is 803. The molecule has 6 heteroatoms. The number of ether oxygens (including phenoxy) is 3. The maximum atomic E-state index is 12.6. The van der Waals surface area contributed by atoms with E-state index in [1.165, 1.54) is 0 Å². The number of benzene rings is 2. The van der Waals surface area contributed by atoms with Gasteiger partial charge in [0.15, 0.2) is 11.5 Å². The molecule has 3 rings (SSSR count). The van der Waals surface area contributed by atoms with Gasteiger partial charge in [-0.15, -0.1) is 0 Å². The first-order valence-corrected chi connectivity index (χ1v) is 8.94. The van der Waals surface area contributed by atoms with Gasteiger partial charge in [0.25, 0.3) is 5.91 Å². The molecule has 1 aliphatic heterocycles. The SMILES string of the molecule is CC(C)C[C@H](NC(=O)c1ccc2c(c1)OCO2)C(=O)OCc1ccccc1. The highest BCUT2D eigenvalue weighted by molar-refractivity contribution is 5.97. The summed E-state index contributed by atoms with van der Waals surface area (Å²) in [6.45, 7) is 4.30. The Morgan fingerprint density at radius 3 is 2.56 bits per heavy atom. The summed E-state index contributed by atoms with van der Waals surface area (Å²) >= 11 is 0. The maximum absolute atomic E-state index is 12.6. The summed E-state index contributed by atoms with van der Waals surface area (Å²) in [5.74, 6) is 0.552. The van der Waals surface area contributed by atoms with Crippen molar-refractivity contribution < 1.29 is 23.8 Å². The minimum Gasteiger partial charge on any atom is -0.459 e. The number of rotatable bonds is 7. The van der Waals surface area contributed by atoms with Gasteiger partial charge in [-0.1, -0.05) is 44.2 Å². The molecule has 0 bridgehead atoms. The van der Waals surface area contributed by atoms with E-state index in [0.29, 0.717) is 23.5 Å². The van der Waals surface area contributed by atoms with Gasteiger partial charge in [0.1, 0.15) is 12.6 Å². The van der Waals surface area contributed by atoms with E-state index in [1.807, 2.05) is 44.2 Å². The fourth-order valence-corrected chi connectivity index (χ4v) is 2.79. The third kappa shape index (κ3) is 5.00. The van der Waals surface area contributed by atoms with E-state index in [4.69, 9.17) is 14.2 Å². The Balaban J connectivity index is 1.65. The van der Waals surface area contributed by atoms with Crippen molar-refractivity contribution in [1.82, 2.24) is 5.32 Å². The third-order valence-electron chi connectivity index (χ3n) is 4.16. The highest BCUT2D eigenvalue weighted by atomic mass is 16.7. The Labute approximate surface area is 158 Å². The van der Waals surface area contributed by atoms with Crippen LogP contribution in [0.3, 0.4) is 0 Å². The van der Waals surface area contributed by atoms with Crippen LogP contribution in [0.5, 0.6) is 11.5 Å². The van der Waals surface area contributed by atoms with Crippen molar-refractivity contribution in [3.05, 3.63) is 59.7 Å². The summed E-state index contributed by atoms with van der Waals surface area (Å²) in [7, 11) is 0. The van der Waals surface area contributed by atoms with Crippen LogP contribution in [-0.4, -0.2) is 24.7 Å². The molecule has 6 nitrogen and oxygen atoms in total. The molecule has 0 aromatic heterocycles. The third-order valence-corrected chi connectivity index (χ3v) is 4.16. The van der Waals surface area contributed by atoms with E-state index < -0.39 is 12.0 Å². The first kappa shape index (κ1) is 18.8. The van der Waals surface area contributed by atoms with E-state index in [-0.39, 0.29) is 25.2 Å². The van der Waals surface area contributed by atoms with Crippen LogP contribution in [-0.2, 0) is 16.1 Å². The van der Waals surface area contributed by atoms with E-state index in [0.717, 1.165) is 5.56 Å². The molecule has 1 N–H and O–H groups in total. The maximum Gasteiger partial charge on any atom is 0.328 e. The highest BCUT2D eigenvalue weighted by Crippen LogP contribution is 2.32. The van der Waals surface area contributed by atoms with Crippen LogP contribution in [0.15, 0.2) is 48.5 Å². The zero-order valence-corrected chi connectivity index (χ0v) is 15.4. The molecule has 1 aliphatic rings. The Morgan fingerprint density at radius 1 is 1.07 bits per heavy atom. The van der Waals surface area contributed by atoms with Gasteiger partial charge in [-0.2, -0.15) is 0 Å². The monoisotopic (exact) mass is 369 g/mol. The van der Waals surface area contributed by atoms with E-state index in [9.17, 15) is 9.59 Å². The van der Waals surface area contributed by atoms with Gasteiger partial charge in [-0.3, -0.25) is 4.79 Å². The summed E-state index contributed by atoms with van der Waals surface area (Å²) in [6, 6.07) is 13.7. The van der Waals surface area contributed by atoms with Gasteiger partial charge in [0.05, 0.1) is 0 Å². The Kier molecular flexibility index (Phi) is 5.96. The van der Waals surface area contributed by atoms with Gasteiger partial charge in [0, 0.05) is 5.56 Å². The van der Waals surface area contributed by atoms with Crippen molar-refractivity contribution in [2.45, 2.75) is 32.9 Å². The largest absolute Gasteiger partial charge is 0.459 e. The van der Waals surface area contributed by atoms with Crippen LogP contribution in [0, 0.1) is 5.92 Å². The summed E-state index contributed by atoms with van der Waals surface area (Å²) in [6.07, 6.45) is 0.490. The lowest BCUT2D eigenvalue weighted by atomic mass is 10.0. The van der Waals surface area contributed by atoms with Gasteiger partial charge >= 0.3 is 5.97 Å². The lowest BCUT2D eigenvalue weighted by Gasteiger charge is -2.19. The molecule has 0 aliphatic carbocycles. The number of fused-ring (bicyclic) bond motifs is 1. The van der Waals surface area contributed by atoms with Crippen molar-refractivity contribution in [2.75, 3.05) is 6.79 Å². The minimum absolute atomic E-state index is 0.141. The number of esters is 1. The molecule has 27 heavy (non-hydrogen) atoms. The van der Waals surface area contributed by atoms with Crippen LogP contribution in [0.25, 0.3) is 0 Å². The smallest absolute Gasteiger partial charge is 0.328 e. The summed E-state index contributed by atoms with van der Waals surface area (Å²) < 4.78 is 16.0. The number of carbonyl (C=O) groups is 2. The number of amides is 1. The second-order valence-corrected chi connectivity index (χ2v) is 6.82. The van der Waals surface area contributed by atoms with Crippen LogP contribution < -0.4 is 14.8 Å². The average molecular weight is 369 g/mol. The van der Waals surface area contributed by atoms with Crippen molar-refractivity contribution in [1.29, 1.82) is 0 Å². The van der Waals surface area contributed by atoms with Crippen LogP contribution in [0.1, 0.15) is 36.2 Å². The van der Waals surface area contributed by atoms with E-state index >= 15 is 0 Å². The number of nitrogens with one attached hydrogen (secondary N) is 1. The van der Waals surface area contributed by atoms with Crippen LogP contribution >= 0.6 is 0 Å². The molecule has 1 heterocycles. The summed E-state index contributed by atoms with van der Waals surface area (Å²) in [4.78, 5) is 25.1. The average Bonchev–Trinajstić information content (AvgIpc) is 3.13. The first-order chi connectivity index (χ1) is 13.0. The van der Waals surface area contributed by atoms with Gasteiger partial charge in [-0.05, 0) is 36.1 Å². The molecule has 0 saturated heterocycles. The van der Waals surface area contributed by atoms with Gasteiger partial charge < -0.3 is 19.5 Å². The topological polar surface area (TPSA) is 73.9 Å². The molecule has 0 saturated carbocycles. The van der Waals surface area contributed by atoms with Gasteiger partial charge in [0.2, 0.25) is 6.79 Å². The second kappa shape index (κ2) is 8.58. The molecule has 0 spiro atoms. The zero-order valence-electron chi connectivity index (χ0n) is 15.4. The fourth-order valence-electron chi connectivity index (χ4n) is 2.79. The molecule has 0 unspecified atom stereocenters. The van der Waals surface area contributed by atoms with E-state index in [1.54, 1.807) is 18.2 Å². The van der Waals surface area contributed by atoms with Crippen LogP contribution in [0.4, 0.5) is 0 Å².